The van der Waals surface area contributed by atoms with Crippen LogP contribution in [0, 0.1) is 0 Å². The van der Waals surface area contributed by atoms with Crippen molar-refractivity contribution < 1.29 is 4.74 Å². The van der Waals surface area contributed by atoms with Crippen molar-refractivity contribution in [2.75, 3.05) is 13.1 Å². The number of ether oxygens (including phenoxy) is 1. The lowest BCUT2D eigenvalue weighted by Crippen LogP contribution is -2.24. The van der Waals surface area contributed by atoms with Gasteiger partial charge in [0.05, 0.1) is 11.7 Å². The Hall–Kier alpha value is -2.33. The average molecular weight is 293 g/mol. The van der Waals surface area contributed by atoms with E-state index in [2.05, 4.69) is 51.5 Å². The van der Waals surface area contributed by atoms with Gasteiger partial charge in [0.1, 0.15) is 11.9 Å². The lowest BCUT2D eigenvalue weighted by Gasteiger charge is -2.17. The fourth-order valence-electron chi connectivity index (χ4n) is 3.07. The molecule has 0 unspecified atom stereocenters. The van der Waals surface area contributed by atoms with Crippen LogP contribution in [0.15, 0.2) is 54.7 Å². The van der Waals surface area contributed by atoms with E-state index in [1.165, 1.54) is 5.56 Å². The van der Waals surface area contributed by atoms with Gasteiger partial charge in [0.2, 0.25) is 0 Å². The average Bonchev–Trinajstić information content (AvgIpc) is 3.17. The van der Waals surface area contributed by atoms with E-state index in [0.717, 1.165) is 42.7 Å². The monoisotopic (exact) mass is 293 g/mol. The molecule has 0 saturated carbocycles. The first kappa shape index (κ1) is 13.3. The van der Waals surface area contributed by atoms with Crippen LogP contribution in [-0.2, 0) is 6.54 Å². The zero-order chi connectivity index (χ0) is 14.8. The van der Waals surface area contributed by atoms with Crippen LogP contribution in [0.3, 0.4) is 0 Å². The second kappa shape index (κ2) is 5.81. The molecule has 0 spiro atoms. The van der Waals surface area contributed by atoms with Crippen molar-refractivity contribution in [2.24, 2.45) is 0 Å². The minimum atomic E-state index is 0.271. The number of H-pyrrole nitrogens is 1. The molecular weight excluding hydrogens is 274 g/mol. The van der Waals surface area contributed by atoms with Crippen molar-refractivity contribution in [1.29, 1.82) is 0 Å². The van der Waals surface area contributed by atoms with Crippen LogP contribution in [0.5, 0.6) is 5.75 Å². The molecular formula is C18H19N3O. The van der Waals surface area contributed by atoms with Gasteiger partial charge in [-0.1, -0.05) is 30.3 Å². The van der Waals surface area contributed by atoms with Crippen molar-refractivity contribution in [2.45, 2.75) is 19.1 Å². The van der Waals surface area contributed by atoms with Gasteiger partial charge in [-0.2, -0.15) is 5.10 Å². The number of hydrogen-bond donors (Lipinski definition) is 1. The van der Waals surface area contributed by atoms with Crippen molar-refractivity contribution in [3.8, 4) is 5.75 Å². The van der Waals surface area contributed by atoms with Gasteiger partial charge in [-0.15, -0.1) is 0 Å². The van der Waals surface area contributed by atoms with Gasteiger partial charge in [-0.25, -0.2) is 0 Å². The fraction of sp³-hybridized carbons (Fsp3) is 0.278. The van der Waals surface area contributed by atoms with E-state index >= 15 is 0 Å². The maximum atomic E-state index is 6.14. The maximum absolute atomic E-state index is 6.14. The number of nitrogens with one attached hydrogen (secondary N) is 1. The summed E-state index contributed by atoms with van der Waals surface area (Å²) in [6.45, 7) is 3.08. The molecule has 1 N–H and O–H groups in total. The Kier molecular flexibility index (Phi) is 3.52. The normalized spacial score (nSPS) is 18.8. The van der Waals surface area contributed by atoms with Gasteiger partial charge >= 0.3 is 0 Å². The quantitative estimate of drug-likeness (QED) is 0.803. The summed E-state index contributed by atoms with van der Waals surface area (Å²) < 4.78 is 6.14. The Morgan fingerprint density at radius 1 is 1.18 bits per heavy atom. The Morgan fingerprint density at radius 3 is 3.00 bits per heavy atom. The molecule has 2 aromatic carbocycles. The molecule has 0 radical (unpaired) electrons. The predicted octanol–water partition coefficient (Wildman–Crippen LogP) is 3.22. The van der Waals surface area contributed by atoms with Gasteiger partial charge in [-0.3, -0.25) is 10.00 Å². The van der Waals surface area contributed by atoms with Crippen molar-refractivity contribution >= 4 is 10.9 Å². The van der Waals surface area contributed by atoms with Crippen LogP contribution in [-0.4, -0.2) is 34.3 Å². The molecule has 2 heterocycles. The molecule has 1 aliphatic heterocycles. The SMILES string of the molecule is c1ccc(CN2CC[C@H](Oc3ccc4[nH]ncc4c3)C2)cc1. The number of aromatic amines is 1. The number of nitrogens with zero attached hydrogens (tertiary/aromatic N) is 2. The van der Waals surface area contributed by atoms with Gasteiger partial charge in [-0.05, 0) is 30.2 Å². The van der Waals surface area contributed by atoms with Crippen LogP contribution in [0.1, 0.15) is 12.0 Å². The standard InChI is InChI=1S/C18H19N3O/c1-2-4-14(5-3-1)12-21-9-8-17(13-21)22-16-6-7-18-15(10-16)11-19-20-18/h1-7,10-11,17H,8-9,12-13H2,(H,19,20)/t17-/m0/s1. The number of likely N-dealkylation sites (tertiary alicyclic amines) is 1. The lowest BCUT2D eigenvalue weighted by atomic mass is 10.2. The molecule has 3 aromatic rings. The summed E-state index contributed by atoms with van der Waals surface area (Å²) in [6.07, 6.45) is 3.18. The Morgan fingerprint density at radius 2 is 2.09 bits per heavy atom. The lowest BCUT2D eigenvalue weighted by molar-refractivity contribution is 0.198. The minimum Gasteiger partial charge on any atom is -0.489 e. The smallest absolute Gasteiger partial charge is 0.120 e. The van der Waals surface area contributed by atoms with Crippen molar-refractivity contribution in [1.82, 2.24) is 15.1 Å². The molecule has 4 rings (SSSR count). The summed E-state index contributed by atoms with van der Waals surface area (Å²) in [5, 5.41) is 8.10. The van der Waals surface area contributed by atoms with Crippen LogP contribution in [0.4, 0.5) is 0 Å². The molecule has 1 fully saturated rings. The van der Waals surface area contributed by atoms with Gasteiger partial charge in [0.25, 0.3) is 0 Å². The highest BCUT2D eigenvalue weighted by atomic mass is 16.5. The molecule has 0 bridgehead atoms. The molecule has 1 saturated heterocycles. The first-order valence-corrected chi connectivity index (χ1v) is 7.73. The van der Waals surface area contributed by atoms with Crippen molar-refractivity contribution in [3.05, 3.63) is 60.3 Å². The number of benzene rings is 2. The highest BCUT2D eigenvalue weighted by Gasteiger charge is 2.23. The van der Waals surface area contributed by atoms with E-state index in [-0.39, 0.29) is 6.10 Å². The molecule has 1 atom stereocenters. The summed E-state index contributed by atoms with van der Waals surface area (Å²) in [6, 6.07) is 16.7. The van der Waals surface area contributed by atoms with Crippen LogP contribution in [0.25, 0.3) is 10.9 Å². The van der Waals surface area contributed by atoms with Crippen molar-refractivity contribution in [3.63, 3.8) is 0 Å². The summed E-state index contributed by atoms with van der Waals surface area (Å²) in [5.41, 5.74) is 2.41. The molecule has 4 heteroatoms. The third kappa shape index (κ3) is 2.83. The van der Waals surface area contributed by atoms with E-state index in [1.807, 2.05) is 18.3 Å². The first-order chi connectivity index (χ1) is 10.9. The molecule has 0 amide bonds. The predicted molar refractivity (Wildman–Crippen MR) is 86.8 cm³/mol. The minimum absolute atomic E-state index is 0.271. The van der Waals surface area contributed by atoms with Crippen LogP contribution in [0.2, 0.25) is 0 Å². The Bertz CT molecular complexity index is 753. The Labute approximate surface area is 129 Å². The third-order valence-corrected chi connectivity index (χ3v) is 4.19. The number of aromatic nitrogens is 2. The van der Waals surface area contributed by atoms with Crippen LogP contribution < -0.4 is 4.74 Å². The topological polar surface area (TPSA) is 41.1 Å². The third-order valence-electron chi connectivity index (χ3n) is 4.19. The van der Waals surface area contributed by atoms with Crippen LogP contribution >= 0.6 is 0 Å². The van der Waals surface area contributed by atoms with E-state index in [9.17, 15) is 0 Å². The summed E-state index contributed by atoms with van der Waals surface area (Å²) in [5.74, 6) is 0.931. The van der Waals surface area contributed by atoms with Gasteiger partial charge in [0, 0.05) is 25.0 Å². The molecule has 0 aliphatic carbocycles. The summed E-state index contributed by atoms with van der Waals surface area (Å²) in [4.78, 5) is 2.45. The number of rotatable bonds is 4. The van der Waals surface area contributed by atoms with E-state index < -0.39 is 0 Å². The fourth-order valence-corrected chi connectivity index (χ4v) is 3.07. The zero-order valence-electron chi connectivity index (χ0n) is 12.4. The Balaban J connectivity index is 1.38. The summed E-state index contributed by atoms with van der Waals surface area (Å²) in [7, 11) is 0. The first-order valence-electron chi connectivity index (χ1n) is 7.73. The molecule has 22 heavy (non-hydrogen) atoms. The molecule has 112 valence electrons. The second-order valence-electron chi connectivity index (χ2n) is 5.87. The zero-order valence-corrected chi connectivity index (χ0v) is 12.4. The van der Waals surface area contributed by atoms with E-state index in [0.29, 0.717) is 0 Å². The largest absolute Gasteiger partial charge is 0.489 e. The highest BCUT2D eigenvalue weighted by molar-refractivity contribution is 5.79. The maximum Gasteiger partial charge on any atom is 0.120 e. The van der Waals surface area contributed by atoms with Gasteiger partial charge in [0.15, 0.2) is 0 Å². The molecule has 4 nitrogen and oxygen atoms in total. The molecule has 1 aromatic heterocycles. The van der Waals surface area contributed by atoms with Gasteiger partial charge < -0.3 is 4.74 Å². The van der Waals surface area contributed by atoms with E-state index in [4.69, 9.17) is 4.74 Å². The molecule has 1 aliphatic rings. The number of fused-ring (bicyclic) bond motifs is 1. The summed E-state index contributed by atoms with van der Waals surface area (Å²) >= 11 is 0. The number of hydrogen-bond acceptors (Lipinski definition) is 3. The second-order valence-corrected chi connectivity index (χ2v) is 5.87. The highest BCUT2D eigenvalue weighted by Crippen LogP contribution is 2.23. The van der Waals surface area contributed by atoms with E-state index in [1.54, 1.807) is 0 Å².